The fourth-order valence-electron chi connectivity index (χ4n) is 2.75. The maximum Gasteiger partial charge on any atom is 0.353 e. The normalized spacial score (nSPS) is 10.6. The van der Waals surface area contributed by atoms with E-state index in [-0.39, 0.29) is 11.6 Å². The Morgan fingerprint density at radius 3 is 2.44 bits per heavy atom. The number of aryl methyl sites for hydroxylation is 2. The molecular weight excluding hydrogens is 314 g/mol. The monoisotopic (exact) mass is 335 g/mol. The van der Waals surface area contributed by atoms with E-state index < -0.39 is 0 Å². The van der Waals surface area contributed by atoms with E-state index in [0.29, 0.717) is 12.2 Å². The van der Waals surface area contributed by atoms with Gasteiger partial charge < -0.3 is 5.73 Å². The molecule has 2 heterocycles. The summed E-state index contributed by atoms with van der Waals surface area (Å²) in [5.41, 5.74) is 8.13. The highest BCUT2D eigenvalue weighted by molar-refractivity contribution is 5.91. The van der Waals surface area contributed by atoms with Crippen LogP contribution in [0.4, 0.5) is 5.95 Å². The summed E-state index contributed by atoms with van der Waals surface area (Å²) in [5, 5.41) is 5.28. The van der Waals surface area contributed by atoms with E-state index in [9.17, 15) is 4.79 Å². The Labute approximate surface area is 145 Å². The van der Waals surface area contributed by atoms with Crippen molar-refractivity contribution < 1.29 is 0 Å². The Morgan fingerprint density at radius 2 is 1.68 bits per heavy atom. The van der Waals surface area contributed by atoms with E-state index in [1.54, 1.807) is 0 Å². The van der Waals surface area contributed by atoms with E-state index in [1.165, 1.54) is 9.08 Å². The highest BCUT2D eigenvalue weighted by Gasteiger charge is 2.13. The van der Waals surface area contributed by atoms with Crippen LogP contribution in [0.3, 0.4) is 0 Å². The van der Waals surface area contributed by atoms with E-state index in [0.717, 1.165) is 22.9 Å². The zero-order chi connectivity index (χ0) is 17.8. The lowest BCUT2D eigenvalue weighted by Crippen LogP contribution is -2.23. The van der Waals surface area contributed by atoms with Gasteiger partial charge in [-0.25, -0.2) is 18.9 Å². The van der Waals surface area contributed by atoms with E-state index in [1.807, 2.05) is 68.4 Å². The van der Waals surface area contributed by atoms with Crippen molar-refractivity contribution in [1.82, 2.24) is 19.2 Å². The van der Waals surface area contributed by atoms with Crippen LogP contribution in [-0.4, -0.2) is 19.2 Å². The third kappa shape index (κ3) is 3.10. The number of anilines is 1. The van der Waals surface area contributed by atoms with Gasteiger partial charge in [0.05, 0.1) is 12.1 Å². The molecule has 0 unspecified atom stereocenters. The lowest BCUT2D eigenvalue weighted by atomic mass is 10.2. The summed E-state index contributed by atoms with van der Waals surface area (Å²) in [4.78, 5) is 16.8. The fraction of sp³-hybridized carbons (Fsp3) is 0.211. The van der Waals surface area contributed by atoms with Gasteiger partial charge in [0, 0.05) is 5.39 Å². The number of benzene rings is 2. The number of nitrogens with two attached hydrogens (primary N) is 1. The summed E-state index contributed by atoms with van der Waals surface area (Å²) >= 11 is 0. The van der Waals surface area contributed by atoms with E-state index >= 15 is 0 Å². The number of hydrogen-bond donors (Lipinski definition) is 1. The summed E-state index contributed by atoms with van der Waals surface area (Å²) in [6.45, 7) is 4.50. The van der Waals surface area contributed by atoms with Gasteiger partial charge in [0.15, 0.2) is 5.65 Å². The zero-order valence-corrected chi connectivity index (χ0v) is 14.4. The second-order valence-corrected chi connectivity index (χ2v) is 5.39. The highest BCUT2D eigenvalue weighted by atomic mass is 16.2. The summed E-state index contributed by atoms with van der Waals surface area (Å²) in [7, 11) is 0. The molecule has 0 saturated carbocycles. The Hall–Kier alpha value is -3.15. The van der Waals surface area contributed by atoms with Crippen LogP contribution >= 0.6 is 0 Å². The second-order valence-electron chi connectivity index (χ2n) is 5.39. The largest absolute Gasteiger partial charge is 0.369 e. The van der Waals surface area contributed by atoms with Gasteiger partial charge >= 0.3 is 5.69 Å². The molecule has 0 radical (unpaired) electrons. The highest BCUT2D eigenvalue weighted by Crippen LogP contribution is 2.17. The molecule has 0 aliphatic heterocycles. The summed E-state index contributed by atoms with van der Waals surface area (Å²) < 4.78 is 2.82. The molecule has 2 N–H and O–H groups in total. The minimum absolute atomic E-state index is 0.162. The third-order valence-electron chi connectivity index (χ3n) is 3.90. The van der Waals surface area contributed by atoms with Crippen molar-refractivity contribution in [3.8, 4) is 0 Å². The predicted octanol–water partition coefficient (Wildman–Crippen LogP) is 2.90. The summed E-state index contributed by atoms with van der Waals surface area (Å²) in [6, 6.07) is 17.5. The first-order valence-corrected chi connectivity index (χ1v) is 8.42. The van der Waals surface area contributed by atoms with Gasteiger partial charge in [-0.3, -0.25) is 0 Å². The smallest absolute Gasteiger partial charge is 0.353 e. The number of para-hydroxylation sites is 1. The summed E-state index contributed by atoms with van der Waals surface area (Å²) in [6.07, 6.45) is 0.732. The van der Waals surface area contributed by atoms with Crippen LogP contribution in [0, 0.1) is 0 Å². The van der Waals surface area contributed by atoms with Crippen LogP contribution < -0.4 is 11.4 Å². The maximum atomic E-state index is 12.6. The van der Waals surface area contributed by atoms with Crippen molar-refractivity contribution in [3.63, 3.8) is 0 Å². The van der Waals surface area contributed by atoms with Crippen LogP contribution in [0.5, 0.6) is 0 Å². The fourth-order valence-corrected chi connectivity index (χ4v) is 2.75. The SMILES string of the molecule is CC.Nc1nc2ccccc2c2nn(CCc3ccccc3)c(=O)n12. The van der Waals surface area contributed by atoms with Gasteiger partial charge in [0.2, 0.25) is 5.95 Å². The molecule has 6 heteroatoms. The molecule has 0 atom stereocenters. The summed E-state index contributed by atoms with van der Waals surface area (Å²) in [5.74, 6) is 0.162. The molecule has 0 bridgehead atoms. The lowest BCUT2D eigenvalue weighted by Gasteiger charge is -2.00. The third-order valence-corrected chi connectivity index (χ3v) is 3.90. The van der Waals surface area contributed by atoms with Gasteiger partial charge in [0.1, 0.15) is 0 Å². The zero-order valence-electron chi connectivity index (χ0n) is 14.4. The van der Waals surface area contributed by atoms with Gasteiger partial charge in [-0.2, -0.15) is 0 Å². The molecule has 0 fully saturated rings. The average Bonchev–Trinajstić information content (AvgIpc) is 3.00. The first-order valence-electron chi connectivity index (χ1n) is 8.42. The van der Waals surface area contributed by atoms with E-state index in [4.69, 9.17) is 5.73 Å². The van der Waals surface area contributed by atoms with Gasteiger partial charge in [-0.05, 0) is 24.1 Å². The number of hydrogen-bond acceptors (Lipinski definition) is 4. The molecule has 4 rings (SSSR count). The number of rotatable bonds is 3. The number of fused-ring (bicyclic) bond motifs is 3. The van der Waals surface area contributed by atoms with Gasteiger partial charge in [-0.15, -0.1) is 5.10 Å². The minimum atomic E-state index is -0.258. The van der Waals surface area contributed by atoms with Crippen molar-refractivity contribution in [1.29, 1.82) is 0 Å². The van der Waals surface area contributed by atoms with Crippen molar-refractivity contribution in [3.05, 3.63) is 70.6 Å². The Bertz CT molecular complexity index is 1050. The first-order chi connectivity index (χ1) is 12.2. The molecule has 2 aromatic heterocycles. The Balaban J connectivity index is 0.000000880. The van der Waals surface area contributed by atoms with Crippen molar-refractivity contribution in [2.24, 2.45) is 0 Å². The number of aromatic nitrogens is 4. The van der Waals surface area contributed by atoms with Crippen LogP contribution in [0.25, 0.3) is 16.6 Å². The quantitative estimate of drug-likeness (QED) is 0.624. The van der Waals surface area contributed by atoms with Gasteiger partial charge in [0.25, 0.3) is 0 Å². The standard InChI is InChI=1S/C17H15N5O.C2H6/c18-16-19-14-9-5-4-8-13(14)15-20-21(17(23)22(15)16)11-10-12-6-2-1-3-7-12;1-2/h1-9H,10-11H2,(H2,18,19);1-2H3. The molecule has 0 spiro atoms. The lowest BCUT2D eigenvalue weighted by molar-refractivity contribution is 0.593. The van der Waals surface area contributed by atoms with Crippen LogP contribution in [0.15, 0.2) is 59.4 Å². The molecule has 25 heavy (non-hydrogen) atoms. The molecule has 0 amide bonds. The molecule has 0 aliphatic carbocycles. The van der Waals surface area contributed by atoms with Crippen LogP contribution in [-0.2, 0) is 13.0 Å². The molecule has 2 aromatic carbocycles. The van der Waals surface area contributed by atoms with E-state index in [2.05, 4.69) is 10.1 Å². The Kier molecular flexibility index (Phi) is 4.79. The first kappa shape index (κ1) is 16.7. The molecule has 4 aromatic rings. The molecule has 0 aliphatic rings. The van der Waals surface area contributed by atoms with Crippen molar-refractivity contribution in [2.75, 3.05) is 5.73 Å². The second kappa shape index (κ2) is 7.17. The minimum Gasteiger partial charge on any atom is -0.369 e. The predicted molar refractivity (Wildman–Crippen MR) is 101 cm³/mol. The molecule has 0 saturated heterocycles. The topological polar surface area (TPSA) is 78.2 Å². The number of nitrogen functional groups attached to an aromatic ring is 1. The Morgan fingerprint density at radius 1 is 1.00 bits per heavy atom. The van der Waals surface area contributed by atoms with Crippen molar-refractivity contribution >= 4 is 22.5 Å². The van der Waals surface area contributed by atoms with Crippen molar-refractivity contribution in [2.45, 2.75) is 26.8 Å². The molecule has 6 nitrogen and oxygen atoms in total. The van der Waals surface area contributed by atoms with Crippen LogP contribution in [0.1, 0.15) is 19.4 Å². The number of nitrogens with zero attached hydrogens (tertiary/aromatic N) is 4. The van der Waals surface area contributed by atoms with Gasteiger partial charge in [-0.1, -0.05) is 56.3 Å². The molecule has 128 valence electrons. The average molecular weight is 335 g/mol. The molecular formula is C19H21N5O. The maximum absolute atomic E-state index is 12.6. The van der Waals surface area contributed by atoms with Crippen LogP contribution in [0.2, 0.25) is 0 Å².